The van der Waals surface area contributed by atoms with Gasteiger partial charge in [-0.15, -0.1) is 0 Å². The lowest BCUT2D eigenvalue weighted by atomic mass is 9.99. The van der Waals surface area contributed by atoms with E-state index in [0.717, 1.165) is 30.7 Å². The van der Waals surface area contributed by atoms with Gasteiger partial charge in [0.05, 0.1) is 13.2 Å². The number of amides is 2. The fourth-order valence-electron chi connectivity index (χ4n) is 3.19. The third-order valence-corrected chi connectivity index (χ3v) is 4.61. The molecule has 130 valence electrons. The van der Waals surface area contributed by atoms with E-state index in [9.17, 15) is 9.59 Å². The fourth-order valence-corrected chi connectivity index (χ4v) is 3.19. The smallest absolute Gasteiger partial charge is 0.410 e. The second kappa shape index (κ2) is 7.55. The largest absolute Gasteiger partial charge is 0.493 e. The molecule has 1 aromatic rings. The first-order valence-corrected chi connectivity index (χ1v) is 8.51. The normalized spacial score (nSPS) is 20.9. The molecule has 0 aliphatic carbocycles. The van der Waals surface area contributed by atoms with Crippen LogP contribution < -0.4 is 4.74 Å². The Balaban J connectivity index is 1.49. The Kier molecular flexibility index (Phi) is 5.23. The van der Waals surface area contributed by atoms with Crippen LogP contribution in [0.3, 0.4) is 0 Å². The van der Waals surface area contributed by atoms with Crippen molar-refractivity contribution in [3.05, 3.63) is 29.8 Å². The van der Waals surface area contributed by atoms with Gasteiger partial charge in [0.15, 0.2) is 0 Å². The fraction of sp³-hybridized carbons (Fsp3) is 0.556. The molecule has 0 aromatic heterocycles. The molecule has 0 saturated carbocycles. The molecule has 24 heavy (non-hydrogen) atoms. The summed E-state index contributed by atoms with van der Waals surface area (Å²) in [5.74, 6) is 1.23. The van der Waals surface area contributed by atoms with Gasteiger partial charge in [-0.2, -0.15) is 0 Å². The van der Waals surface area contributed by atoms with Crippen molar-refractivity contribution in [1.82, 2.24) is 9.80 Å². The van der Waals surface area contributed by atoms with Gasteiger partial charge in [0, 0.05) is 19.0 Å². The van der Waals surface area contributed by atoms with Crippen LogP contribution in [0.4, 0.5) is 4.79 Å². The minimum absolute atomic E-state index is 0.00515. The van der Waals surface area contributed by atoms with Crippen LogP contribution in [0.1, 0.15) is 18.4 Å². The lowest BCUT2D eigenvalue weighted by Crippen LogP contribution is -2.46. The molecule has 0 radical (unpaired) electrons. The van der Waals surface area contributed by atoms with Gasteiger partial charge in [0.25, 0.3) is 0 Å². The minimum atomic E-state index is -0.389. The summed E-state index contributed by atoms with van der Waals surface area (Å²) in [7, 11) is 0. The molecule has 2 aliphatic rings. The Bertz CT molecular complexity index is 604. The predicted octanol–water partition coefficient (Wildman–Crippen LogP) is 2.06. The van der Waals surface area contributed by atoms with E-state index in [1.54, 1.807) is 0 Å². The van der Waals surface area contributed by atoms with Crippen molar-refractivity contribution in [3.63, 3.8) is 0 Å². The number of hydrogen-bond acceptors (Lipinski definition) is 4. The highest BCUT2D eigenvalue weighted by Crippen LogP contribution is 2.21. The Morgan fingerprint density at radius 1 is 1.33 bits per heavy atom. The van der Waals surface area contributed by atoms with Gasteiger partial charge in [-0.05, 0) is 31.4 Å². The molecule has 2 heterocycles. The number of aryl methyl sites for hydroxylation is 1. The van der Waals surface area contributed by atoms with Crippen molar-refractivity contribution in [1.29, 1.82) is 0 Å². The molecule has 1 aromatic carbocycles. The first kappa shape index (κ1) is 16.6. The Hall–Kier alpha value is -2.24. The number of rotatable bonds is 5. The van der Waals surface area contributed by atoms with Crippen LogP contribution in [0.15, 0.2) is 24.3 Å². The van der Waals surface area contributed by atoms with Crippen molar-refractivity contribution in [2.75, 3.05) is 39.4 Å². The summed E-state index contributed by atoms with van der Waals surface area (Å²) >= 11 is 0. The molecule has 1 unspecified atom stereocenters. The van der Waals surface area contributed by atoms with Gasteiger partial charge in [0.1, 0.15) is 18.9 Å². The second-order valence-electron chi connectivity index (χ2n) is 6.46. The molecule has 2 fully saturated rings. The zero-order chi connectivity index (χ0) is 16.9. The number of ether oxygens (including phenoxy) is 2. The molecule has 6 nitrogen and oxygen atoms in total. The number of likely N-dealkylation sites (tertiary alicyclic amines) is 1. The van der Waals surface area contributed by atoms with Crippen LogP contribution in [0.5, 0.6) is 5.75 Å². The highest BCUT2D eigenvalue weighted by atomic mass is 16.6. The van der Waals surface area contributed by atoms with Gasteiger partial charge < -0.3 is 14.4 Å². The number of para-hydroxylation sites is 1. The van der Waals surface area contributed by atoms with Crippen molar-refractivity contribution in [2.24, 2.45) is 5.92 Å². The molecule has 6 heteroatoms. The maximum atomic E-state index is 12.4. The highest BCUT2D eigenvalue weighted by Gasteiger charge is 2.29. The van der Waals surface area contributed by atoms with E-state index in [0.29, 0.717) is 32.2 Å². The van der Waals surface area contributed by atoms with Crippen LogP contribution in [0, 0.1) is 12.8 Å². The van der Waals surface area contributed by atoms with E-state index in [-0.39, 0.29) is 18.5 Å². The van der Waals surface area contributed by atoms with E-state index in [1.807, 2.05) is 36.1 Å². The van der Waals surface area contributed by atoms with E-state index >= 15 is 0 Å². The topological polar surface area (TPSA) is 59.1 Å². The van der Waals surface area contributed by atoms with E-state index in [4.69, 9.17) is 9.47 Å². The first-order chi connectivity index (χ1) is 11.6. The molecule has 0 bridgehead atoms. The zero-order valence-electron chi connectivity index (χ0n) is 14.1. The van der Waals surface area contributed by atoms with Gasteiger partial charge in [-0.1, -0.05) is 18.2 Å². The molecule has 2 amide bonds. The summed E-state index contributed by atoms with van der Waals surface area (Å²) in [5, 5.41) is 0. The standard InChI is InChI=1S/C18H24N2O4/c1-14-5-2-3-7-16(14)24-13-15-6-4-8-19(11-15)17(21)12-20-9-10-23-18(20)22/h2-3,5,7,15H,4,6,8-13H2,1H3. The van der Waals surface area contributed by atoms with Gasteiger partial charge in [-0.3, -0.25) is 9.69 Å². The van der Waals surface area contributed by atoms with Crippen LogP contribution in [0.25, 0.3) is 0 Å². The number of carbonyl (C=O) groups excluding carboxylic acids is 2. The summed E-state index contributed by atoms with van der Waals surface area (Å²) in [6, 6.07) is 7.96. The van der Waals surface area contributed by atoms with Crippen molar-refractivity contribution >= 4 is 12.0 Å². The second-order valence-corrected chi connectivity index (χ2v) is 6.46. The van der Waals surface area contributed by atoms with Crippen LogP contribution >= 0.6 is 0 Å². The molecule has 0 N–H and O–H groups in total. The monoisotopic (exact) mass is 332 g/mol. The Morgan fingerprint density at radius 3 is 2.92 bits per heavy atom. The zero-order valence-corrected chi connectivity index (χ0v) is 14.1. The molecular weight excluding hydrogens is 308 g/mol. The van der Waals surface area contributed by atoms with Crippen LogP contribution in [-0.2, 0) is 9.53 Å². The Labute approximate surface area is 142 Å². The lowest BCUT2D eigenvalue weighted by Gasteiger charge is -2.33. The minimum Gasteiger partial charge on any atom is -0.493 e. The van der Waals surface area contributed by atoms with Gasteiger partial charge in [-0.25, -0.2) is 4.79 Å². The van der Waals surface area contributed by atoms with Crippen LogP contribution in [0.2, 0.25) is 0 Å². The van der Waals surface area contributed by atoms with E-state index < -0.39 is 0 Å². The SMILES string of the molecule is Cc1ccccc1OCC1CCCN(C(=O)CN2CCOC2=O)C1. The average molecular weight is 332 g/mol. The number of carbonyl (C=O) groups is 2. The maximum Gasteiger partial charge on any atom is 0.410 e. The number of cyclic esters (lactones) is 1. The lowest BCUT2D eigenvalue weighted by molar-refractivity contribution is -0.133. The van der Waals surface area contributed by atoms with E-state index in [1.165, 1.54) is 4.90 Å². The molecular formula is C18H24N2O4. The molecule has 1 atom stereocenters. The van der Waals surface area contributed by atoms with Crippen LogP contribution in [-0.4, -0.2) is 61.2 Å². The van der Waals surface area contributed by atoms with E-state index in [2.05, 4.69) is 0 Å². The quantitative estimate of drug-likeness (QED) is 0.828. The Morgan fingerprint density at radius 2 is 2.17 bits per heavy atom. The summed E-state index contributed by atoms with van der Waals surface area (Å²) in [6.45, 7) is 5.07. The molecule has 2 saturated heterocycles. The summed E-state index contributed by atoms with van der Waals surface area (Å²) in [5.41, 5.74) is 1.12. The van der Waals surface area contributed by atoms with Crippen molar-refractivity contribution in [2.45, 2.75) is 19.8 Å². The third-order valence-electron chi connectivity index (χ3n) is 4.61. The highest BCUT2D eigenvalue weighted by molar-refractivity contribution is 5.83. The number of piperidine rings is 1. The summed E-state index contributed by atoms with van der Waals surface area (Å²) in [6.07, 6.45) is 1.64. The summed E-state index contributed by atoms with van der Waals surface area (Å²) < 4.78 is 10.8. The predicted molar refractivity (Wildman–Crippen MR) is 88.9 cm³/mol. The molecule has 2 aliphatic heterocycles. The summed E-state index contributed by atoms with van der Waals surface area (Å²) in [4.78, 5) is 27.2. The average Bonchev–Trinajstić information content (AvgIpc) is 2.99. The van der Waals surface area contributed by atoms with Gasteiger partial charge >= 0.3 is 6.09 Å². The maximum absolute atomic E-state index is 12.4. The molecule has 0 spiro atoms. The molecule has 3 rings (SSSR count). The van der Waals surface area contributed by atoms with Crippen molar-refractivity contribution in [3.8, 4) is 5.75 Å². The number of hydrogen-bond donors (Lipinski definition) is 0. The van der Waals surface area contributed by atoms with Crippen molar-refractivity contribution < 1.29 is 19.1 Å². The third kappa shape index (κ3) is 3.99. The number of nitrogens with zero attached hydrogens (tertiary/aromatic N) is 2. The first-order valence-electron chi connectivity index (χ1n) is 8.51. The van der Waals surface area contributed by atoms with Gasteiger partial charge in [0.2, 0.25) is 5.91 Å². The number of benzene rings is 1.